The van der Waals surface area contributed by atoms with Crippen LogP contribution in [0.4, 0.5) is 0 Å². The number of aromatic nitrogens is 1. The predicted octanol–water partition coefficient (Wildman–Crippen LogP) is 3.16. The zero-order valence-electron chi connectivity index (χ0n) is 8.65. The molecule has 0 aliphatic rings. The normalized spacial score (nSPS) is 10.5. The number of pyridine rings is 1. The van der Waals surface area contributed by atoms with Crippen molar-refractivity contribution in [2.45, 2.75) is 11.9 Å². The fraction of sp³-hybridized carbons (Fsp3) is 0.167. The largest absolute Gasteiger partial charge is 0.295 e. The van der Waals surface area contributed by atoms with Gasteiger partial charge in [0.1, 0.15) is 0 Å². The highest BCUT2D eigenvalue weighted by atomic mass is 32.2. The van der Waals surface area contributed by atoms with Crippen LogP contribution in [0.5, 0.6) is 0 Å². The van der Waals surface area contributed by atoms with Gasteiger partial charge in [0.25, 0.3) is 0 Å². The molecule has 2 rings (SSSR count). The van der Waals surface area contributed by atoms with Crippen LogP contribution in [0.3, 0.4) is 0 Å². The Bertz CT molecular complexity index is 522. The quantitative estimate of drug-likeness (QED) is 0.571. The Morgan fingerprint density at radius 2 is 2.00 bits per heavy atom. The smallest absolute Gasteiger partial charge is 0.159 e. The number of nitrogens with zero attached hydrogens (tertiary/aromatic N) is 1. The minimum atomic E-state index is 0.0771. The fourth-order valence-electron chi connectivity index (χ4n) is 1.43. The molecule has 0 saturated heterocycles. The summed E-state index contributed by atoms with van der Waals surface area (Å²) in [6.07, 6.45) is 1.99. The Morgan fingerprint density at radius 3 is 2.67 bits per heavy atom. The first-order chi connectivity index (χ1) is 7.20. The van der Waals surface area contributed by atoms with Crippen molar-refractivity contribution in [2.24, 2.45) is 0 Å². The number of hydrogen-bond donors (Lipinski definition) is 0. The zero-order chi connectivity index (χ0) is 10.8. The van der Waals surface area contributed by atoms with Gasteiger partial charge in [-0.15, -0.1) is 11.8 Å². The summed E-state index contributed by atoms with van der Waals surface area (Å²) in [5, 5.41) is 2.04. The molecule has 2 nitrogen and oxygen atoms in total. The molecule has 0 amide bonds. The standard InChI is InChI=1S/C12H11NOS/c1-8(14)10-4-3-9-5-6-12(15-2)13-11(9)7-10/h3-7H,1-2H3. The Labute approximate surface area is 92.7 Å². The van der Waals surface area contributed by atoms with Crippen molar-refractivity contribution >= 4 is 28.4 Å². The van der Waals surface area contributed by atoms with Gasteiger partial charge < -0.3 is 0 Å². The van der Waals surface area contributed by atoms with Gasteiger partial charge in [-0.25, -0.2) is 4.98 Å². The summed E-state index contributed by atoms with van der Waals surface area (Å²) in [4.78, 5) is 15.7. The van der Waals surface area contributed by atoms with Gasteiger partial charge in [-0.1, -0.05) is 18.2 Å². The third kappa shape index (κ3) is 2.02. The van der Waals surface area contributed by atoms with Gasteiger partial charge in [0.2, 0.25) is 0 Å². The van der Waals surface area contributed by atoms with Crippen LogP contribution in [0, 0.1) is 0 Å². The molecule has 1 aromatic heterocycles. The van der Waals surface area contributed by atoms with Crippen LogP contribution in [0.1, 0.15) is 17.3 Å². The summed E-state index contributed by atoms with van der Waals surface area (Å²) < 4.78 is 0. The van der Waals surface area contributed by atoms with Crippen LogP contribution in [-0.4, -0.2) is 17.0 Å². The van der Waals surface area contributed by atoms with Crippen molar-refractivity contribution in [1.82, 2.24) is 4.98 Å². The zero-order valence-corrected chi connectivity index (χ0v) is 9.47. The number of Topliss-reactive ketones (excluding diaryl/α,β-unsaturated/α-hetero) is 1. The van der Waals surface area contributed by atoms with E-state index in [1.807, 2.05) is 36.6 Å². The number of carbonyl (C=O) groups excluding carboxylic acids is 1. The first-order valence-corrected chi connectivity index (χ1v) is 5.89. The lowest BCUT2D eigenvalue weighted by atomic mass is 10.1. The van der Waals surface area contributed by atoms with Crippen molar-refractivity contribution in [3.8, 4) is 0 Å². The lowest BCUT2D eigenvalue weighted by Crippen LogP contribution is -1.92. The van der Waals surface area contributed by atoms with Gasteiger partial charge >= 0.3 is 0 Å². The molecule has 0 aliphatic heterocycles. The van der Waals surface area contributed by atoms with Crippen molar-refractivity contribution in [3.05, 3.63) is 35.9 Å². The number of ketones is 1. The van der Waals surface area contributed by atoms with E-state index in [-0.39, 0.29) is 5.78 Å². The molecule has 1 aromatic carbocycles. The summed E-state index contributed by atoms with van der Waals surface area (Å²) in [5.74, 6) is 0.0771. The van der Waals surface area contributed by atoms with E-state index in [4.69, 9.17) is 0 Å². The number of carbonyl (C=O) groups is 1. The maximum atomic E-state index is 11.2. The highest BCUT2D eigenvalue weighted by Crippen LogP contribution is 2.19. The highest BCUT2D eigenvalue weighted by Gasteiger charge is 2.02. The minimum absolute atomic E-state index is 0.0771. The summed E-state index contributed by atoms with van der Waals surface area (Å²) in [7, 11) is 0. The molecule has 1 heterocycles. The second-order valence-corrected chi connectivity index (χ2v) is 4.14. The van der Waals surface area contributed by atoms with Gasteiger partial charge in [-0.2, -0.15) is 0 Å². The van der Waals surface area contributed by atoms with E-state index in [2.05, 4.69) is 4.98 Å². The molecule has 3 heteroatoms. The SMILES string of the molecule is CSc1ccc2ccc(C(C)=O)cc2n1. The molecular formula is C12H11NOS. The molecular weight excluding hydrogens is 206 g/mol. The second-order valence-electron chi connectivity index (χ2n) is 3.32. The number of rotatable bonds is 2. The molecule has 0 spiro atoms. The van der Waals surface area contributed by atoms with Gasteiger partial charge in [0, 0.05) is 10.9 Å². The molecule has 0 saturated carbocycles. The van der Waals surface area contributed by atoms with Gasteiger partial charge in [-0.3, -0.25) is 4.79 Å². The van der Waals surface area contributed by atoms with Crippen molar-refractivity contribution in [3.63, 3.8) is 0 Å². The van der Waals surface area contributed by atoms with E-state index in [0.29, 0.717) is 5.56 Å². The van der Waals surface area contributed by atoms with E-state index < -0.39 is 0 Å². The number of benzene rings is 1. The Kier molecular flexibility index (Phi) is 2.73. The molecule has 15 heavy (non-hydrogen) atoms. The number of hydrogen-bond acceptors (Lipinski definition) is 3. The summed E-state index contributed by atoms with van der Waals surface area (Å²) >= 11 is 1.60. The van der Waals surface area contributed by atoms with E-state index in [0.717, 1.165) is 15.9 Å². The molecule has 0 aliphatic carbocycles. The lowest BCUT2D eigenvalue weighted by Gasteiger charge is -2.01. The molecule has 2 aromatic rings. The monoisotopic (exact) mass is 217 g/mol. The maximum absolute atomic E-state index is 11.2. The molecule has 0 N–H and O–H groups in total. The molecule has 0 fully saturated rings. The first kappa shape index (κ1) is 10.2. The first-order valence-electron chi connectivity index (χ1n) is 4.66. The Morgan fingerprint density at radius 1 is 1.27 bits per heavy atom. The lowest BCUT2D eigenvalue weighted by molar-refractivity contribution is 0.101. The third-order valence-corrected chi connectivity index (χ3v) is 2.93. The third-order valence-electron chi connectivity index (χ3n) is 2.28. The van der Waals surface area contributed by atoms with E-state index in [9.17, 15) is 4.79 Å². The Hall–Kier alpha value is -1.35. The van der Waals surface area contributed by atoms with Crippen LogP contribution in [-0.2, 0) is 0 Å². The van der Waals surface area contributed by atoms with Crippen LogP contribution < -0.4 is 0 Å². The average Bonchev–Trinajstić information content (AvgIpc) is 2.27. The van der Waals surface area contributed by atoms with Crippen LogP contribution in [0.25, 0.3) is 10.9 Å². The van der Waals surface area contributed by atoms with Gasteiger partial charge in [0.05, 0.1) is 10.5 Å². The van der Waals surface area contributed by atoms with Crippen LogP contribution in [0.2, 0.25) is 0 Å². The maximum Gasteiger partial charge on any atom is 0.159 e. The Balaban J connectivity index is 2.62. The van der Waals surface area contributed by atoms with Crippen molar-refractivity contribution in [1.29, 1.82) is 0 Å². The average molecular weight is 217 g/mol. The van der Waals surface area contributed by atoms with Gasteiger partial charge in [0.15, 0.2) is 5.78 Å². The van der Waals surface area contributed by atoms with E-state index >= 15 is 0 Å². The second kappa shape index (κ2) is 4.03. The summed E-state index contributed by atoms with van der Waals surface area (Å²) in [6.45, 7) is 1.57. The number of thioether (sulfide) groups is 1. The highest BCUT2D eigenvalue weighted by molar-refractivity contribution is 7.98. The van der Waals surface area contributed by atoms with Crippen molar-refractivity contribution in [2.75, 3.05) is 6.26 Å². The van der Waals surface area contributed by atoms with E-state index in [1.165, 1.54) is 0 Å². The summed E-state index contributed by atoms with van der Waals surface area (Å²) in [5.41, 5.74) is 1.60. The van der Waals surface area contributed by atoms with Gasteiger partial charge in [-0.05, 0) is 25.3 Å². The summed E-state index contributed by atoms with van der Waals surface area (Å²) in [6, 6.07) is 9.63. The molecule has 0 atom stereocenters. The van der Waals surface area contributed by atoms with E-state index in [1.54, 1.807) is 18.7 Å². The topological polar surface area (TPSA) is 30.0 Å². The fourth-order valence-corrected chi connectivity index (χ4v) is 1.82. The molecule has 0 unspecified atom stereocenters. The predicted molar refractivity (Wildman–Crippen MR) is 63.5 cm³/mol. The molecule has 0 radical (unpaired) electrons. The van der Waals surface area contributed by atoms with Crippen LogP contribution in [0.15, 0.2) is 35.4 Å². The van der Waals surface area contributed by atoms with Crippen molar-refractivity contribution < 1.29 is 4.79 Å². The molecule has 0 bridgehead atoms. The number of fused-ring (bicyclic) bond motifs is 1. The molecule has 76 valence electrons. The minimum Gasteiger partial charge on any atom is -0.295 e. The van der Waals surface area contributed by atoms with Crippen LogP contribution >= 0.6 is 11.8 Å².